The van der Waals surface area contributed by atoms with Gasteiger partial charge >= 0.3 is 0 Å². The average Bonchev–Trinajstić information content (AvgIpc) is 3.26. The molecule has 1 aliphatic rings. The molecule has 10 heteroatoms. The van der Waals surface area contributed by atoms with Gasteiger partial charge in [0.2, 0.25) is 21.7 Å². The fourth-order valence-corrected chi connectivity index (χ4v) is 5.07. The molecular formula is C21H22F2N4O3S. The third-order valence-electron chi connectivity index (χ3n) is 5.49. The fourth-order valence-electron chi connectivity index (χ4n) is 3.59. The molecule has 2 heterocycles. The molecule has 1 unspecified atom stereocenters. The van der Waals surface area contributed by atoms with Gasteiger partial charge in [-0.2, -0.15) is 9.29 Å². The van der Waals surface area contributed by atoms with Crippen molar-refractivity contribution >= 4 is 10.0 Å². The maximum atomic E-state index is 14.0. The summed E-state index contributed by atoms with van der Waals surface area (Å²) in [5, 5.41) is 3.99. The zero-order chi connectivity index (χ0) is 22.2. The molecule has 1 fully saturated rings. The third kappa shape index (κ3) is 4.23. The first-order chi connectivity index (χ1) is 14.8. The van der Waals surface area contributed by atoms with E-state index in [4.69, 9.17) is 4.52 Å². The van der Waals surface area contributed by atoms with Crippen LogP contribution in [0, 0.1) is 18.6 Å². The lowest BCUT2D eigenvalue weighted by atomic mass is 10.1. The Balaban J connectivity index is 1.44. The van der Waals surface area contributed by atoms with E-state index >= 15 is 0 Å². The number of hydrogen-bond acceptors (Lipinski definition) is 6. The molecular weight excluding hydrogens is 426 g/mol. The summed E-state index contributed by atoms with van der Waals surface area (Å²) in [7, 11) is -3.90. The number of nitrogens with zero attached hydrogens (tertiary/aromatic N) is 4. The van der Waals surface area contributed by atoms with Crippen LogP contribution in [0.1, 0.15) is 24.4 Å². The van der Waals surface area contributed by atoms with E-state index in [1.165, 1.54) is 28.6 Å². The topological polar surface area (TPSA) is 79.5 Å². The van der Waals surface area contributed by atoms with Gasteiger partial charge in [0, 0.05) is 31.7 Å². The van der Waals surface area contributed by atoms with Gasteiger partial charge in [0.05, 0.1) is 6.04 Å². The Morgan fingerprint density at radius 2 is 1.74 bits per heavy atom. The fraction of sp³-hybridized carbons (Fsp3) is 0.333. The molecule has 0 saturated carbocycles. The summed E-state index contributed by atoms with van der Waals surface area (Å²) in [5.74, 6) is -0.301. The molecule has 1 atom stereocenters. The monoisotopic (exact) mass is 448 g/mol. The van der Waals surface area contributed by atoms with Crippen molar-refractivity contribution in [2.75, 3.05) is 26.2 Å². The number of piperazine rings is 1. The van der Waals surface area contributed by atoms with E-state index in [-0.39, 0.29) is 29.8 Å². The Hall–Kier alpha value is -2.69. The molecule has 3 aromatic rings. The highest BCUT2D eigenvalue weighted by Crippen LogP contribution is 2.26. The Morgan fingerprint density at radius 3 is 2.42 bits per heavy atom. The molecule has 0 radical (unpaired) electrons. The molecule has 1 saturated heterocycles. The predicted octanol–water partition coefficient (Wildman–Crippen LogP) is 3.39. The zero-order valence-electron chi connectivity index (χ0n) is 17.1. The van der Waals surface area contributed by atoms with Crippen molar-refractivity contribution in [3.05, 3.63) is 65.6 Å². The highest BCUT2D eigenvalue weighted by Gasteiger charge is 2.33. The molecule has 164 valence electrons. The summed E-state index contributed by atoms with van der Waals surface area (Å²) in [4.78, 5) is 6.15. The van der Waals surface area contributed by atoms with Crippen LogP contribution < -0.4 is 0 Å². The van der Waals surface area contributed by atoms with Gasteiger partial charge in [-0.05, 0) is 49.7 Å². The molecule has 0 aliphatic carbocycles. The minimum atomic E-state index is -3.90. The molecule has 0 N–H and O–H groups in total. The lowest BCUT2D eigenvalue weighted by Crippen LogP contribution is -2.49. The largest absolute Gasteiger partial charge is 0.337 e. The summed E-state index contributed by atoms with van der Waals surface area (Å²) >= 11 is 0. The van der Waals surface area contributed by atoms with Crippen molar-refractivity contribution in [2.24, 2.45) is 0 Å². The van der Waals surface area contributed by atoms with E-state index in [1.54, 1.807) is 19.1 Å². The van der Waals surface area contributed by atoms with Crippen LogP contribution in [-0.2, 0) is 10.0 Å². The van der Waals surface area contributed by atoms with Gasteiger partial charge in [0.1, 0.15) is 16.5 Å². The molecule has 1 aromatic heterocycles. The molecule has 0 spiro atoms. The van der Waals surface area contributed by atoms with Gasteiger partial charge in [-0.1, -0.05) is 17.3 Å². The number of hydrogen-bond donors (Lipinski definition) is 0. The second-order valence-electron chi connectivity index (χ2n) is 7.47. The van der Waals surface area contributed by atoms with Crippen LogP contribution in [0.4, 0.5) is 8.78 Å². The Kier molecular flexibility index (Phi) is 5.87. The third-order valence-corrected chi connectivity index (χ3v) is 7.42. The van der Waals surface area contributed by atoms with Crippen molar-refractivity contribution in [1.82, 2.24) is 19.3 Å². The van der Waals surface area contributed by atoms with Gasteiger partial charge in [-0.3, -0.25) is 4.90 Å². The number of aryl methyl sites for hydroxylation is 1. The minimum absolute atomic E-state index is 0.221. The maximum absolute atomic E-state index is 14.0. The van der Waals surface area contributed by atoms with Crippen molar-refractivity contribution < 1.29 is 21.7 Å². The van der Waals surface area contributed by atoms with Crippen molar-refractivity contribution in [3.8, 4) is 11.4 Å². The summed E-state index contributed by atoms with van der Waals surface area (Å²) in [6.07, 6.45) is 0. The van der Waals surface area contributed by atoms with Crippen molar-refractivity contribution in [1.29, 1.82) is 0 Å². The van der Waals surface area contributed by atoms with E-state index in [1.807, 2.05) is 11.8 Å². The summed E-state index contributed by atoms with van der Waals surface area (Å²) in [5.41, 5.74) is 1.14. The highest BCUT2D eigenvalue weighted by molar-refractivity contribution is 7.89. The summed E-state index contributed by atoms with van der Waals surface area (Å²) < 4.78 is 59.7. The molecule has 2 aromatic carbocycles. The first-order valence-corrected chi connectivity index (χ1v) is 11.3. The zero-order valence-corrected chi connectivity index (χ0v) is 17.9. The number of rotatable bonds is 5. The van der Waals surface area contributed by atoms with Crippen LogP contribution in [0.15, 0.2) is 51.9 Å². The second-order valence-corrected chi connectivity index (χ2v) is 9.37. The molecule has 4 rings (SSSR count). The Bertz CT molecular complexity index is 1190. The Morgan fingerprint density at radius 1 is 1.03 bits per heavy atom. The summed E-state index contributed by atoms with van der Waals surface area (Å²) in [6, 6.07) is 9.75. The lowest BCUT2D eigenvalue weighted by Gasteiger charge is -2.36. The van der Waals surface area contributed by atoms with E-state index < -0.39 is 15.8 Å². The number of sulfonamides is 1. The minimum Gasteiger partial charge on any atom is -0.337 e. The molecule has 1 aliphatic heterocycles. The van der Waals surface area contributed by atoms with Crippen LogP contribution in [0.5, 0.6) is 0 Å². The molecule has 0 amide bonds. The quantitative estimate of drug-likeness (QED) is 0.595. The normalized spacial score (nSPS) is 17.0. The standard InChI is InChI=1S/C21H22F2N4O3S/c1-14-13-16(7-8-17(14)22)20-24-21(30-25-20)15(2)26-9-11-27(12-10-26)31(28,29)19-6-4-3-5-18(19)23/h3-8,13,15H,9-12H2,1-2H3. The van der Waals surface area contributed by atoms with Crippen LogP contribution >= 0.6 is 0 Å². The number of halogens is 2. The van der Waals surface area contributed by atoms with Crippen LogP contribution in [-0.4, -0.2) is 53.9 Å². The van der Waals surface area contributed by atoms with Crippen LogP contribution in [0.25, 0.3) is 11.4 Å². The van der Waals surface area contributed by atoms with Gasteiger partial charge in [-0.25, -0.2) is 17.2 Å². The van der Waals surface area contributed by atoms with Crippen LogP contribution in [0.2, 0.25) is 0 Å². The number of aromatic nitrogens is 2. The van der Waals surface area contributed by atoms with Crippen LogP contribution in [0.3, 0.4) is 0 Å². The van der Waals surface area contributed by atoms with Gasteiger partial charge in [0.25, 0.3) is 0 Å². The summed E-state index contributed by atoms with van der Waals surface area (Å²) in [6.45, 7) is 4.87. The van der Waals surface area contributed by atoms with Gasteiger partial charge in [0.15, 0.2) is 0 Å². The molecule has 31 heavy (non-hydrogen) atoms. The predicted molar refractivity (Wildman–Crippen MR) is 110 cm³/mol. The average molecular weight is 448 g/mol. The first-order valence-electron chi connectivity index (χ1n) is 9.86. The van der Waals surface area contributed by atoms with Gasteiger partial charge in [-0.15, -0.1) is 0 Å². The maximum Gasteiger partial charge on any atom is 0.246 e. The van der Waals surface area contributed by atoms with Gasteiger partial charge < -0.3 is 4.52 Å². The molecule has 7 nitrogen and oxygen atoms in total. The smallest absolute Gasteiger partial charge is 0.246 e. The first kappa shape index (κ1) is 21.5. The SMILES string of the molecule is Cc1cc(-c2noc(C(C)N3CCN(S(=O)(=O)c4ccccc4F)CC3)n2)ccc1F. The van der Waals surface area contributed by atoms with Crippen molar-refractivity contribution in [2.45, 2.75) is 24.8 Å². The van der Waals surface area contributed by atoms with E-state index in [0.29, 0.717) is 35.9 Å². The second kappa shape index (κ2) is 8.45. The van der Waals surface area contributed by atoms with Crippen molar-refractivity contribution in [3.63, 3.8) is 0 Å². The van der Waals surface area contributed by atoms with E-state index in [9.17, 15) is 17.2 Å². The Labute approximate surface area is 179 Å². The van der Waals surface area contributed by atoms with E-state index in [0.717, 1.165) is 6.07 Å². The van der Waals surface area contributed by atoms with E-state index in [2.05, 4.69) is 10.1 Å². The number of benzene rings is 2. The molecule has 0 bridgehead atoms. The lowest BCUT2D eigenvalue weighted by molar-refractivity contribution is 0.124. The highest BCUT2D eigenvalue weighted by atomic mass is 32.2.